The third kappa shape index (κ3) is 7.80. The minimum atomic E-state index is -4.44. The molecule has 1 aliphatic rings. The maximum Gasteiger partial charge on any atom is 0.520 e. The van der Waals surface area contributed by atoms with E-state index in [-0.39, 0.29) is 0 Å². The summed E-state index contributed by atoms with van der Waals surface area (Å²) in [5.74, 6) is 0. The van der Waals surface area contributed by atoms with Crippen LogP contribution in [0, 0.1) is 0 Å². The Bertz CT molecular complexity index is 1440. The van der Waals surface area contributed by atoms with Gasteiger partial charge in [0.1, 0.15) is 0 Å². The van der Waals surface area contributed by atoms with Gasteiger partial charge in [-0.25, -0.2) is 0 Å². The van der Waals surface area contributed by atoms with Crippen molar-refractivity contribution in [1.29, 1.82) is 0 Å². The second kappa shape index (κ2) is 14.5. The van der Waals surface area contributed by atoms with Gasteiger partial charge in [-0.2, -0.15) is 0 Å². The standard InChI is InChI=1S/C30H39O8Si7/c1-39(2)32-43(28-21-13-8-14-22-28)35-42(31,27-19-11-7-12-20-27)36-44(33-40(3)4,29-23-15-9-16-24-29)38-45(37-43,34-41(5)6)30-25-17-10-18-26-30/h7-26,31H,1-6H3. The van der Waals surface area contributed by atoms with Gasteiger partial charge in [0.25, 0.3) is 0 Å². The van der Waals surface area contributed by atoms with E-state index in [4.69, 9.17) is 28.8 Å². The van der Waals surface area contributed by atoms with Gasteiger partial charge in [-0.05, 0) is 39.3 Å². The van der Waals surface area contributed by atoms with E-state index in [0.29, 0.717) is 15.6 Å². The molecule has 0 saturated carbocycles. The molecular formula is C30H39O8Si7. The van der Waals surface area contributed by atoms with E-state index in [9.17, 15) is 4.80 Å². The van der Waals surface area contributed by atoms with Gasteiger partial charge in [-0.1, -0.05) is 121 Å². The normalized spacial score (nSPS) is 27.4. The van der Waals surface area contributed by atoms with Crippen molar-refractivity contribution in [1.82, 2.24) is 0 Å². The Morgan fingerprint density at radius 3 is 0.911 bits per heavy atom. The first kappa shape index (κ1) is 34.4. The van der Waals surface area contributed by atoms with Crippen LogP contribution in [0.3, 0.4) is 0 Å². The molecular weight excluding hydrogens is 685 g/mol. The molecule has 1 fully saturated rings. The van der Waals surface area contributed by atoms with Crippen molar-refractivity contribution in [2.24, 2.45) is 0 Å². The molecule has 1 aliphatic heterocycles. The lowest BCUT2D eigenvalue weighted by molar-refractivity contribution is 0.104. The molecule has 235 valence electrons. The number of rotatable bonds is 10. The Morgan fingerprint density at radius 1 is 0.400 bits per heavy atom. The predicted octanol–water partition coefficient (Wildman–Crippen LogP) is 3.25. The topological polar surface area (TPSA) is 84.8 Å². The molecule has 2 unspecified atom stereocenters. The van der Waals surface area contributed by atoms with Crippen LogP contribution < -0.4 is 20.7 Å². The fourth-order valence-electron chi connectivity index (χ4n) is 4.96. The van der Waals surface area contributed by atoms with Crippen LogP contribution in [0.4, 0.5) is 0 Å². The van der Waals surface area contributed by atoms with Crippen LogP contribution in [-0.4, -0.2) is 67.1 Å². The van der Waals surface area contributed by atoms with Crippen molar-refractivity contribution >= 4 is 83.1 Å². The van der Waals surface area contributed by atoms with Gasteiger partial charge in [-0.3, -0.25) is 0 Å². The average Bonchev–Trinajstić information content (AvgIpc) is 3.01. The van der Waals surface area contributed by atoms with Gasteiger partial charge in [0.05, 0.1) is 0 Å². The van der Waals surface area contributed by atoms with Crippen LogP contribution in [0.5, 0.6) is 0 Å². The first-order valence-electron chi connectivity index (χ1n) is 14.7. The van der Waals surface area contributed by atoms with Gasteiger partial charge in [-0.15, -0.1) is 0 Å². The minimum Gasteiger partial charge on any atom is -0.413 e. The highest BCUT2D eigenvalue weighted by atomic mass is 28.6. The second-order valence-corrected chi connectivity index (χ2v) is 29.1. The zero-order valence-electron chi connectivity index (χ0n) is 26.4. The van der Waals surface area contributed by atoms with E-state index in [1.54, 1.807) is 0 Å². The molecule has 0 spiro atoms. The molecule has 5 rings (SSSR count). The third-order valence-corrected chi connectivity index (χ3v) is 27.6. The van der Waals surface area contributed by atoms with Crippen molar-refractivity contribution in [2.45, 2.75) is 39.3 Å². The van der Waals surface area contributed by atoms with Crippen molar-refractivity contribution in [3.63, 3.8) is 0 Å². The molecule has 8 nitrogen and oxygen atoms in total. The Hall–Kier alpha value is -1.92. The molecule has 1 heterocycles. The highest BCUT2D eigenvalue weighted by molar-refractivity contribution is 7.03. The fourth-order valence-corrected chi connectivity index (χ4v) is 30.2. The Kier molecular flexibility index (Phi) is 11.1. The van der Waals surface area contributed by atoms with Gasteiger partial charge in [0.15, 0.2) is 27.1 Å². The molecule has 0 bridgehead atoms. The molecule has 4 aromatic rings. The van der Waals surface area contributed by atoms with E-state index in [1.807, 2.05) is 161 Å². The molecule has 1 N–H and O–H groups in total. The summed E-state index contributed by atoms with van der Waals surface area (Å²) in [6, 6.07) is 38.2. The highest BCUT2D eigenvalue weighted by Crippen LogP contribution is 2.33. The van der Waals surface area contributed by atoms with Gasteiger partial charge >= 0.3 is 35.2 Å². The summed E-state index contributed by atoms with van der Waals surface area (Å²) >= 11 is 0. The summed E-state index contributed by atoms with van der Waals surface area (Å²) in [6.07, 6.45) is 0. The van der Waals surface area contributed by atoms with Crippen LogP contribution in [0.2, 0.25) is 39.3 Å². The lowest BCUT2D eigenvalue weighted by Gasteiger charge is -2.50. The maximum absolute atomic E-state index is 12.9. The fraction of sp³-hybridized carbons (Fsp3) is 0.200. The van der Waals surface area contributed by atoms with Crippen LogP contribution in [0.25, 0.3) is 0 Å². The predicted molar refractivity (Wildman–Crippen MR) is 190 cm³/mol. The van der Waals surface area contributed by atoms with Crippen LogP contribution in [0.15, 0.2) is 121 Å². The van der Waals surface area contributed by atoms with Crippen molar-refractivity contribution in [3.05, 3.63) is 121 Å². The zero-order valence-corrected chi connectivity index (χ0v) is 33.4. The van der Waals surface area contributed by atoms with E-state index in [1.165, 1.54) is 0 Å². The molecule has 1 saturated heterocycles. The van der Waals surface area contributed by atoms with Crippen molar-refractivity contribution in [2.75, 3.05) is 0 Å². The number of hydrogen-bond acceptors (Lipinski definition) is 8. The molecule has 15 heteroatoms. The summed E-state index contributed by atoms with van der Waals surface area (Å²) in [5, 5.41) is 2.61. The molecule has 0 aliphatic carbocycles. The van der Waals surface area contributed by atoms with E-state index < -0.39 is 62.3 Å². The summed E-state index contributed by atoms with van der Waals surface area (Å²) < 4.78 is 49.9. The largest absolute Gasteiger partial charge is 0.520 e. The Balaban J connectivity index is 1.88. The summed E-state index contributed by atoms with van der Waals surface area (Å²) in [5.41, 5.74) is 0. The van der Waals surface area contributed by atoms with Crippen LogP contribution >= 0.6 is 0 Å². The zero-order chi connectivity index (χ0) is 32.1. The maximum atomic E-state index is 12.9. The van der Waals surface area contributed by atoms with Crippen LogP contribution in [0.1, 0.15) is 0 Å². The van der Waals surface area contributed by atoms with Crippen LogP contribution in [-0.2, 0) is 28.8 Å². The molecule has 45 heavy (non-hydrogen) atoms. The second-order valence-electron chi connectivity index (χ2n) is 11.2. The quantitative estimate of drug-likeness (QED) is 0.250. The first-order valence-corrected chi connectivity index (χ1v) is 28.9. The van der Waals surface area contributed by atoms with E-state index in [0.717, 1.165) is 5.19 Å². The number of hydrogen-bond donors (Lipinski definition) is 1. The van der Waals surface area contributed by atoms with Gasteiger partial charge < -0.3 is 33.6 Å². The highest BCUT2D eigenvalue weighted by Gasteiger charge is 2.70. The average molecular weight is 724 g/mol. The lowest BCUT2D eigenvalue weighted by atomic mass is 10.4. The molecule has 4 aromatic carbocycles. The summed E-state index contributed by atoms with van der Waals surface area (Å²) in [7, 11) is -21.0. The molecule has 3 radical (unpaired) electrons. The minimum absolute atomic E-state index is 0.498. The van der Waals surface area contributed by atoms with E-state index >= 15 is 0 Å². The summed E-state index contributed by atoms with van der Waals surface area (Å²) in [6.45, 7) is 12.2. The smallest absolute Gasteiger partial charge is 0.413 e. The van der Waals surface area contributed by atoms with E-state index in [2.05, 4.69) is 0 Å². The molecule has 2 atom stereocenters. The summed E-state index contributed by atoms with van der Waals surface area (Å²) in [4.78, 5) is 12.9. The Labute approximate surface area is 276 Å². The third-order valence-electron chi connectivity index (χ3n) is 6.62. The first-order chi connectivity index (χ1) is 21.5. The number of benzene rings is 4. The Morgan fingerprint density at radius 2 is 0.644 bits per heavy atom. The lowest BCUT2D eigenvalue weighted by Crippen LogP contribution is -2.83. The molecule has 0 amide bonds. The van der Waals surface area contributed by atoms with Crippen molar-refractivity contribution < 1.29 is 33.6 Å². The SMILES string of the molecule is C[Si](C)O[Si]1(c2ccccc2)O[Si](O)(c2ccccc2)O[Si](O[Si](C)C)(c2ccccc2)O[Si](O[Si](C)C)(c2ccccc2)O1. The monoisotopic (exact) mass is 723 g/mol. The van der Waals surface area contributed by atoms with Gasteiger partial charge in [0, 0.05) is 20.7 Å². The van der Waals surface area contributed by atoms with Crippen molar-refractivity contribution in [3.8, 4) is 0 Å². The molecule has 0 aromatic heterocycles. The van der Waals surface area contributed by atoms with Gasteiger partial charge in [0.2, 0.25) is 0 Å².